The van der Waals surface area contributed by atoms with E-state index in [1.807, 2.05) is 0 Å². The molecule has 0 aromatic heterocycles. The Labute approximate surface area is 115 Å². The number of carbonyl (C=O) groups excluding carboxylic acids is 1. The monoisotopic (exact) mass is 290 g/mol. The van der Waals surface area contributed by atoms with E-state index in [2.05, 4.69) is 5.32 Å². The average Bonchev–Trinajstić information content (AvgIpc) is 2.32. The molecule has 0 aliphatic heterocycles. The van der Waals surface area contributed by atoms with E-state index in [-0.39, 0.29) is 24.8 Å². The van der Waals surface area contributed by atoms with Gasteiger partial charge in [-0.25, -0.2) is 0 Å². The minimum absolute atomic E-state index is 0.0587. The minimum Gasteiger partial charge on any atom is -0.492 e. The molecule has 0 aliphatic rings. The summed E-state index contributed by atoms with van der Waals surface area (Å²) in [5.74, 6) is -0.258. The molecule has 112 valence electrons. The van der Waals surface area contributed by atoms with Crippen LogP contribution in [0.3, 0.4) is 0 Å². The molecule has 0 atom stereocenters. The summed E-state index contributed by atoms with van der Waals surface area (Å²) in [4.78, 5) is 11.4. The van der Waals surface area contributed by atoms with Gasteiger partial charge < -0.3 is 15.8 Å². The first-order chi connectivity index (χ1) is 9.10. The third-order valence-corrected chi connectivity index (χ3v) is 2.40. The molecule has 7 heteroatoms. The molecule has 0 fully saturated rings. The van der Waals surface area contributed by atoms with Crippen molar-refractivity contribution in [1.29, 1.82) is 0 Å². The van der Waals surface area contributed by atoms with E-state index in [0.717, 1.165) is 12.1 Å². The summed E-state index contributed by atoms with van der Waals surface area (Å²) >= 11 is 0. The van der Waals surface area contributed by atoms with Crippen molar-refractivity contribution in [1.82, 2.24) is 5.32 Å². The summed E-state index contributed by atoms with van der Waals surface area (Å²) in [6.45, 7) is 3.32. The highest BCUT2D eigenvalue weighted by molar-refractivity contribution is 5.84. The quantitative estimate of drug-likeness (QED) is 0.815. The van der Waals surface area contributed by atoms with E-state index in [1.54, 1.807) is 13.8 Å². The van der Waals surface area contributed by atoms with Crippen LogP contribution in [0.15, 0.2) is 24.3 Å². The lowest BCUT2D eigenvalue weighted by atomic mass is 10.1. The van der Waals surface area contributed by atoms with Crippen molar-refractivity contribution in [3.05, 3.63) is 29.8 Å². The second-order valence-electron chi connectivity index (χ2n) is 4.85. The molecule has 1 amide bonds. The first-order valence-electron chi connectivity index (χ1n) is 5.98. The molecule has 0 saturated carbocycles. The molecule has 0 spiro atoms. The molecule has 0 aliphatic carbocycles. The lowest BCUT2D eigenvalue weighted by Crippen LogP contribution is -2.49. The fourth-order valence-corrected chi connectivity index (χ4v) is 1.32. The van der Waals surface area contributed by atoms with Gasteiger partial charge in [-0.15, -0.1) is 0 Å². The molecule has 0 saturated heterocycles. The molecule has 4 nitrogen and oxygen atoms in total. The van der Waals surface area contributed by atoms with Gasteiger partial charge in [0, 0.05) is 0 Å². The number of carbonyl (C=O) groups is 1. The second kappa shape index (κ2) is 6.13. The maximum atomic E-state index is 12.5. The molecule has 0 bridgehead atoms. The molecular formula is C13H17F3N2O2. The van der Waals surface area contributed by atoms with Crippen LogP contribution in [-0.2, 0) is 11.0 Å². The summed E-state index contributed by atoms with van der Waals surface area (Å²) < 4.78 is 42.5. The lowest BCUT2D eigenvalue weighted by Gasteiger charge is -2.17. The molecule has 1 aromatic rings. The number of nitrogens with two attached hydrogens (primary N) is 1. The predicted molar refractivity (Wildman–Crippen MR) is 68.2 cm³/mol. The van der Waals surface area contributed by atoms with E-state index >= 15 is 0 Å². The zero-order valence-electron chi connectivity index (χ0n) is 11.3. The van der Waals surface area contributed by atoms with E-state index in [0.29, 0.717) is 0 Å². The molecule has 0 unspecified atom stereocenters. The highest BCUT2D eigenvalue weighted by atomic mass is 19.4. The predicted octanol–water partition coefficient (Wildman–Crippen LogP) is 1.94. The number of alkyl halides is 3. The number of rotatable bonds is 5. The normalized spacial score (nSPS) is 12.1. The van der Waals surface area contributed by atoms with Gasteiger partial charge >= 0.3 is 6.18 Å². The van der Waals surface area contributed by atoms with Crippen LogP contribution in [0, 0.1) is 0 Å². The number of amides is 1. The Morgan fingerprint density at radius 2 is 2.00 bits per heavy atom. The zero-order valence-corrected chi connectivity index (χ0v) is 11.3. The Bertz CT molecular complexity index is 467. The van der Waals surface area contributed by atoms with Gasteiger partial charge in [0.2, 0.25) is 5.91 Å². The van der Waals surface area contributed by atoms with Crippen molar-refractivity contribution in [3.8, 4) is 5.75 Å². The molecule has 3 N–H and O–H groups in total. The van der Waals surface area contributed by atoms with Crippen molar-refractivity contribution in [2.75, 3.05) is 13.2 Å². The van der Waals surface area contributed by atoms with Gasteiger partial charge in [0.25, 0.3) is 0 Å². The Kier molecular flexibility index (Phi) is 4.99. The SMILES string of the molecule is CC(C)(N)C(=O)NCCOc1cccc(C(F)(F)F)c1. The van der Waals surface area contributed by atoms with Gasteiger partial charge in [-0.3, -0.25) is 4.79 Å². The van der Waals surface area contributed by atoms with E-state index in [9.17, 15) is 18.0 Å². The van der Waals surface area contributed by atoms with Gasteiger partial charge in [-0.2, -0.15) is 13.2 Å². The number of nitrogens with one attached hydrogen (secondary N) is 1. The van der Waals surface area contributed by atoms with E-state index < -0.39 is 17.3 Å². The fraction of sp³-hybridized carbons (Fsp3) is 0.462. The molecule has 20 heavy (non-hydrogen) atoms. The van der Waals surface area contributed by atoms with Crippen LogP contribution >= 0.6 is 0 Å². The van der Waals surface area contributed by atoms with Gasteiger partial charge in [0.15, 0.2) is 0 Å². The molecular weight excluding hydrogens is 273 g/mol. The fourth-order valence-electron chi connectivity index (χ4n) is 1.32. The summed E-state index contributed by atoms with van der Waals surface area (Å²) in [7, 11) is 0. The van der Waals surface area contributed by atoms with Crippen molar-refractivity contribution in [2.45, 2.75) is 25.6 Å². The maximum absolute atomic E-state index is 12.5. The van der Waals surface area contributed by atoms with Crippen molar-refractivity contribution >= 4 is 5.91 Å². The molecule has 0 radical (unpaired) electrons. The standard InChI is InChI=1S/C13H17F3N2O2/c1-12(2,17)11(19)18-6-7-20-10-5-3-4-9(8-10)13(14,15)16/h3-5,8H,6-7,17H2,1-2H3,(H,18,19). The molecule has 1 rings (SSSR count). The molecule has 0 heterocycles. The summed E-state index contributed by atoms with van der Waals surface area (Å²) in [5.41, 5.74) is 3.78. The number of hydrogen-bond acceptors (Lipinski definition) is 3. The van der Waals surface area contributed by atoms with Gasteiger partial charge in [-0.1, -0.05) is 6.07 Å². The van der Waals surface area contributed by atoms with Crippen LogP contribution in [-0.4, -0.2) is 24.6 Å². The largest absolute Gasteiger partial charge is 0.492 e. The Balaban J connectivity index is 2.46. The molecule has 1 aromatic carbocycles. The van der Waals surface area contributed by atoms with Crippen LogP contribution < -0.4 is 15.8 Å². The van der Waals surface area contributed by atoms with Crippen LogP contribution in [0.25, 0.3) is 0 Å². The van der Waals surface area contributed by atoms with Crippen molar-refractivity contribution in [3.63, 3.8) is 0 Å². The van der Waals surface area contributed by atoms with Gasteiger partial charge in [-0.05, 0) is 32.0 Å². The Hall–Kier alpha value is -1.76. The highest BCUT2D eigenvalue weighted by Gasteiger charge is 2.30. The highest BCUT2D eigenvalue weighted by Crippen LogP contribution is 2.31. The first-order valence-corrected chi connectivity index (χ1v) is 5.98. The first kappa shape index (κ1) is 16.3. The third kappa shape index (κ3) is 5.08. The second-order valence-corrected chi connectivity index (χ2v) is 4.85. The van der Waals surface area contributed by atoms with E-state index in [1.165, 1.54) is 12.1 Å². The summed E-state index contributed by atoms with van der Waals surface area (Å²) in [6.07, 6.45) is -4.41. The topological polar surface area (TPSA) is 64.4 Å². The summed E-state index contributed by atoms with van der Waals surface area (Å²) in [6, 6.07) is 4.56. The minimum atomic E-state index is -4.41. The Morgan fingerprint density at radius 3 is 2.55 bits per heavy atom. The van der Waals surface area contributed by atoms with Gasteiger partial charge in [0.1, 0.15) is 12.4 Å². The third-order valence-electron chi connectivity index (χ3n) is 2.40. The lowest BCUT2D eigenvalue weighted by molar-refractivity contribution is -0.137. The van der Waals surface area contributed by atoms with Crippen molar-refractivity contribution < 1.29 is 22.7 Å². The van der Waals surface area contributed by atoms with Crippen LogP contribution in [0.2, 0.25) is 0 Å². The number of ether oxygens (including phenoxy) is 1. The average molecular weight is 290 g/mol. The van der Waals surface area contributed by atoms with Crippen LogP contribution in [0.4, 0.5) is 13.2 Å². The smallest absolute Gasteiger partial charge is 0.416 e. The maximum Gasteiger partial charge on any atom is 0.416 e. The van der Waals surface area contributed by atoms with Crippen LogP contribution in [0.5, 0.6) is 5.75 Å². The summed E-state index contributed by atoms with van der Waals surface area (Å²) in [5, 5.41) is 2.53. The van der Waals surface area contributed by atoms with Crippen molar-refractivity contribution in [2.24, 2.45) is 5.73 Å². The zero-order chi connectivity index (χ0) is 15.4. The van der Waals surface area contributed by atoms with Crippen LogP contribution in [0.1, 0.15) is 19.4 Å². The van der Waals surface area contributed by atoms with E-state index in [4.69, 9.17) is 10.5 Å². The number of hydrogen-bond donors (Lipinski definition) is 2. The Morgan fingerprint density at radius 1 is 1.35 bits per heavy atom. The van der Waals surface area contributed by atoms with Gasteiger partial charge in [0.05, 0.1) is 17.6 Å². The number of halogens is 3. The number of benzene rings is 1.